The third-order valence-electron chi connectivity index (χ3n) is 5.02. The molecule has 0 spiro atoms. The molecule has 29 heavy (non-hydrogen) atoms. The number of amides is 1. The molecule has 7 heteroatoms. The van der Waals surface area contributed by atoms with Crippen molar-refractivity contribution in [3.05, 3.63) is 75.7 Å². The topological polar surface area (TPSA) is 46.3 Å². The Bertz CT molecular complexity index is 950. The predicted molar refractivity (Wildman–Crippen MR) is 116 cm³/mol. The minimum atomic E-state index is -0.899. The smallest absolute Gasteiger partial charge is 0.249 e. The molecule has 2 aromatic rings. The van der Waals surface area contributed by atoms with Gasteiger partial charge in [0.1, 0.15) is 6.04 Å². The molecule has 2 N–H and O–H groups in total. The summed E-state index contributed by atoms with van der Waals surface area (Å²) in [5, 5.41) is 0. The summed E-state index contributed by atoms with van der Waals surface area (Å²) in [6.07, 6.45) is 2.94. The van der Waals surface area contributed by atoms with Gasteiger partial charge in [-0.15, -0.1) is 23.4 Å². The van der Waals surface area contributed by atoms with Gasteiger partial charge in [0.05, 0.1) is 4.71 Å². The highest BCUT2D eigenvalue weighted by Gasteiger charge is 2.29. The molecule has 154 valence electrons. The maximum atomic E-state index is 13.6. The van der Waals surface area contributed by atoms with Gasteiger partial charge in [-0.3, -0.25) is 4.79 Å². The molecule has 1 heterocycles. The number of carbonyl (C=O) groups excluding carboxylic acids is 1. The second-order valence-corrected chi connectivity index (χ2v) is 9.17. The number of aryl methyl sites for hydroxylation is 2. The molecule has 3 nitrogen and oxygen atoms in total. The lowest BCUT2D eigenvalue weighted by atomic mass is 10.1. The van der Waals surface area contributed by atoms with Crippen LogP contribution in [0.25, 0.3) is 0 Å². The third kappa shape index (κ3) is 5.18. The van der Waals surface area contributed by atoms with Crippen LogP contribution in [0.2, 0.25) is 0 Å². The number of alkyl halides is 1. The zero-order valence-electron chi connectivity index (χ0n) is 16.3. The van der Waals surface area contributed by atoms with Gasteiger partial charge in [0.15, 0.2) is 11.6 Å². The van der Waals surface area contributed by atoms with Gasteiger partial charge >= 0.3 is 0 Å². The number of allylic oxidation sites excluding steroid dienone is 1. The van der Waals surface area contributed by atoms with Crippen molar-refractivity contribution in [2.24, 2.45) is 5.73 Å². The average Bonchev–Trinajstić information content (AvgIpc) is 3.13. The first-order valence-corrected chi connectivity index (χ1v) is 10.7. The largest absolute Gasteiger partial charge is 0.316 e. The molecule has 2 aromatic carbocycles. The van der Waals surface area contributed by atoms with Gasteiger partial charge in [0.2, 0.25) is 5.91 Å². The summed E-state index contributed by atoms with van der Waals surface area (Å²) in [5.41, 5.74) is 9.75. The monoisotopic (exact) mass is 436 g/mol. The number of thioether (sulfide) groups is 1. The van der Waals surface area contributed by atoms with E-state index >= 15 is 0 Å². The van der Waals surface area contributed by atoms with Gasteiger partial charge in [0.25, 0.3) is 0 Å². The minimum absolute atomic E-state index is 0.110. The van der Waals surface area contributed by atoms with Gasteiger partial charge in [-0.25, -0.2) is 8.78 Å². The van der Waals surface area contributed by atoms with Crippen LogP contribution >= 0.6 is 23.4 Å². The van der Waals surface area contributed by atoms with E-state index in [0.29, 0.717) is 24.9 Å². The maximum absolute atomic E-state index is 13.6. The molecule has 0 fully saturated rings. The number of hydrogen-bond acceptors (Lipinski definition) is 3. The van der Waals surface area contributed by atoms with Crippen LogP contribution in [0.5, 0.6) is 0 Å². The van der Waals surface area contributed by atoms with E-state index < -0.39 is 17.7 Å². The normalized spacial score (nSPS) is 17.2. The summed E-state index contributed by atoms with van der Waals surface area (Å²) < 4.78 is 26.7. The fourth-order valence-corrected chi connectivity index (χ4v) is 4.46. The van der Waals surface area contributed by atoms with Crippen molar-refractivity contribution in [1.82, 2.24) is 0 Å². The lowest BCUT2D eigenvalue weighted by Crippen LogP contribution is -2.45. The average molecular weight is 437 g/mol. The molecule has 1 amide bonds. The summed E-state index contributed by atoms with van der Waals surface area (Å²) in [7, 11) is 0. The fourth-order valence-electron chi connectivity index (χ4n) is 3.14. The van der Waals surface area contributed by atoms with Gasteiger partial charge in [-0.05, 0) is 67.6 Å². The van der Waals surface area contributed by atoms with E-state index in [9.17, 15) is 13.6 Å². The summed E-state index contributed by atoms with van der Waals surface area (Å²) in [5.74, 6) is -2.04. The van der Waals surface area contributed by atoms with Crippen LogP contribution in [0.15, 0.2) is 47.4 Å². The van der Waals surface area contributed by atoms with Crippen molar-refractivity contribution in [2.75, 3.05) is 11.4 Å². The summed E-state index contributed by atoms with van der Waals surface area (Å²) in [6, 6.07) is 8.73. The van der Waals surface area contributed by atoms with Crippen LogP contribution in [0.3, 0.4) is 0 Å². The highest BCUT2D eigenvalue weighted by atomic mass is 35.5. The van der Waals surface area contributed by atoms with Crippen LogP contribution in [-0.4, -0.2) is 23.2 Å². The number of nitrogens with zero attached hydrogens (tertiary/aromatic N) is 1. The third-order valence-corrected chi connectivity index (χ3v) is 6.60. The van der Waals surface area contributed by atoms with Crippen LogP contribution in [0.1, 0.15) is 23.1 Å². The van der Waals surface area contributed by atoms with Crippen molar-refractivity contribution < 1.29 is 13.6 Å². The molecule has 0 saturated carbocycles. The lowest BCUT2D eigenvalue weighted by Gasteiger charge is -2.27. The zero-order chi connectivity index (χ0) is 21.1. The van der Waals surface area contributed by atoms with Crippen LogP contribution in [0.4, 0.5) is 14.5 Å². The Labute approximate surface area is 178 Å². The van der Waals surface area contributed by atoms with Crippen molar-refractivity contribution in [2.45, 2.75) is 37.4 Å². The predicted octanol–water partition coefficient (Wildman–Crippen LogP) is 5.07. The SMILES string of the molecule is Cc1ccc(N(CCc2ccc(F)c(F)c2)C(=O)C(N)C2=CCC(Cl)S2)cc1C. The van der Waals surface area contributed by atoms with E-state index in [1.807, 2.05) is 38.1 Å². The summed E-state index contributed by atoms with van der Waals surface area (Å²) >= 11 is 7.52. The number of rotatable bonds is 6. The van der Waals surface area contributed by atoms with Gasteiger partial charge in [-0.1, -0.05) is 18.2 Å². The molecule has 0 bridgehead atoms. The second kappa shape index (κ2) is 9.28. The van der Waals surface area contributed by atoms with Crippen molar-refractivity contribution in [3.8, 4) is 0 Å². The van der Waals surface area contributed by atoms with Gasteiger partial charge < -0.3 is 10.6 Å². The van der Waals surface area contributed by atoms with E-state index in [0.717, 1.165) is 33.9 Å². The molecule has 1 aliphatic heterocycles. The molecular weight excluding hydrogens is 414 g/mol. The molecule has 0 saturated heterocycles. The first-order valence-electron chi connectivity index (χ1n) is 9.35. The van der Waals surface area contributed by atoms with E-state index in [1.165, 1.54) is 17.8 Å². The van der Waals surface area contributed by atoms with E-state index in [2.05, 4.69) is 0 Å². The first-order chi connectivity index (χ1) is 13.8. The number of halogens is 3. The maximum Gasteiger partial charge on any atom is 0.249 e. The zero-order valence-corrected chi connectivity index (χ0v) is 17.9. The summed E-state index contributed by atoms with van der Waals surface area (Å²) in [6.45, 7) is 4.27. The Morgan fingerprint density at radius 3 is 2.59 bits per heavy atom. The number of anilines is 1. The Morgan fingerprint density at radius 1 is 1.21 bits per heavy atom. The van der Waals surface area contributed by atoms with E-state index in [4.69, 9.17) is 17.3 Å². The highest BCUT2D eigenvalue weighted by molar-refractivity contribution is 8.05. The van der Waals surface area contributed by atoms with E-state index in [-0.39, 0.29) is 10.6 Å². The quantitative estimate of drug-likeness (QED) is 0.643. The van der Waals surface area contributed by atoms with Gasteiger partial charge in [-0.2, -0.15) is 0 Å². The number of hydrogen-bond donors (Lipinski definition) is 1. The standard InChI is InChI=1S/C22H23ClF2N2OS/c1-13-3-5-16(11-14(13)2)27(10-9-15-4-6-17(24)18(25)12-15)22(28)21(26)19-7-8-20(23)29-19/h3-7,11-12,20-21H,8-10,26H2,1-2H3. The Kier molecular flexibility index (Phi) is 6.98. The van der Waals surface area contributed by atoms with Crippen LogP contribution in [0, 0.1) is 25.5 Å². The molecule has 0 aliphatic carbocycles. The van der Waals surface area contributed by atoms with Crippen molar-refractivity contribution >= 4 is 35.0 Å². The first kappa shape index (κ1) is 21.8. The second-order valence-electron chi connectivity index (χ2n) is 7.10. The molecule has 3 rings (SSSR count). The highest BCUT2D eigenvalue weighted by Crippen LogP contribution is 2.36. The molecular formula is C22H23ClF2N2OS. The Hall–Kier alpha value is -1.89. The van der Waals surface area contributed by atoms with Crippen molar-refractivity contribution in [3.63, 3.8) is 0 Å². The minimum Gasteiger partial charge on any atom is -0.316 e. The number of nitrogens with two attached hydrogens (primary N) is 1. The van der Waals surface area contributed by atoms with Crippen LogP contribution in [-0.2, 0) is 11.2 Å². The molecule has 1 aliphatic rings. The Balaban J connectivity index is 1.85. The van der Waals surface area contributed by atoms with Gasteiger partial charge in [0, 0.05) is 17.1 Å². The number of carbonyl (C=O) groups is 1. The molecule has 2 unspecified atom stereocenters. The van der Waals surface area contributed by atoms with Crippen LogP contribution < -0.4 is 10.6 Å². The Morgan fingerprint density at radius 2 is 1.97 bits per heavy atom. The number of benzene rings is 2. The van der Waals surface area contributed by atoms with Crippen molar-refractivity contribution in [1.29, 1.82) is 0 Å². The lowest BCUT2D eigenvalue weighted by molar-refractivity contribution is -0.118. The molecule has 0 aromatic heterocycles. The fraction of sp³-hybridized carbons (Fsp3) is 0.318. The summed E-state index contributed by atoms with van der Waals surface area (Å²) in [4.78, 5) is 15.6. The molecule has 0 radical (unpaired) electrons. The van der Waals surface area contributed by atoms with E-state index in [1.54, 1.807) is 4.90 Å². The molecule has 2 atom stereocenters.